The van der Waals surface area contributed by atoms with Crippen LogP contribution in [0.4, 0.5) is 10.1 Å². The summed E-state index contributed by atoms with van der Waals surface area (Å²) >= 11 is 0. The molecule has 11 heteroatoms. The van der Waals surface area contributed by atoms with Crippen molar-refractivity contribution in [2.75, 3.05) is 23.4 Å². The molecule has 196 valence electrons. The standard InChI is InChI=1S/C25H32FN3O6S/c1-6-36(32,33)29(19-11-12-21-22(13-19)35-16-34-21)15-23(30)28(14-18-9-7-8-10-20(18)26)17(2)24(31)27-25(3,4)5/h7-13,17H,6,14-16H2,1-5H3,(H,27,31). The Morgan fingerprint density at radius 3 is 2.42 bits per heavy atom. The molecule has 1 aliphatic rings. The van der Waals surface area contributed by atoms with Gasteiger partial charge >= 0.3 is 0 Å². The van der Waals surface area contributed by atoms with Crippen LogP contribution in [0.3, 0.4) is 0 Å². The predicted molar refractivity (Wildman–Crippen MR) is 134 cm³/mol. The van der Waals surface area contributed by atoms with Crippen LogP contribution in [0.25, 0.3) is 0 Å². The van der Waals surface area contributed by atoms with Gasteiger partial charge in [-0.25, -0.2) is 12.8 Å². The van der Waals surface area contributed by atoms with Crippen LogP contribution in [0.15, 0.2) is 42.5 Å². The van der Waals surface area contributed by atoms with Crippen LogP contribution < -0.4 is 19.1 Å². The van der Waals surface area contributed by atoms with Gasteiger partial charge in [0.2, 0.25) is 28.6 Å². The first-order chi connectivity index (χ1) is 16.8. The van der Waals surface area contributed by atoms with E-state index in [-0.39, 0.29) is 30.3 Å². The third kappa shape index (κ3) is 6.45. The Balaban J connectivity index is 1.96. The zero-order chi connectivity index (χ0) is 26.7. The van der Waals surface area contributed by atoms with Gasteiger partial charge in [0.25, 0.3) is 0 Å². The van der Waals surface area contributed by atoms with Gasteiger partial charge in [0.15, 0.2) is 11.5 Å². The first-order valence-electron chi connectivity index (χ1n) is 11.6. The average molecular weight is 522 g/mol. The summed E-state index contributed by atoms with van der Waals surface area (Å²) in [5.74, 6) is -1.08. The van der Waals surface area contributed by atoms with Gasteiger partial charge in [-0.15, -0.1) is 0 Å². The minimum Gasteiger partial charge on any atom is -0.454 e. The summed E-state index contributed by atoms with van der Waals surface area (Å²) in [6.45, 7) is 7.61. The second-order valence-electron chi connectivity index (χ2n) is 9.47. The van der Waals surface area contributed by atoms with Crippen LogP contribution in [0.1, 0.15) is 40.2 Å². The van der Waals surface area contributed by atoms with Gasteiger partial charge in [-0.1, -0.05) is 18.2 Å². The summed E-state index contributed by atoms with van der Waals surface area (Å²) < 4.78 is 52.1. The number of benzene rings is 2. The van der Waals surface area contributed by atoms with E-state index in [0.717, 1.165) is 4.31 Å². The smallest absolute Gasteiger partial charge is 0.244 e. The lowest BCUT2D eigenvalue weighted by molar-refractivity contribution is -0.140. The van der Waals surface area contributed by atoms with E-state index in [4.69, 9.17) is 9.47 Å². The Morgan fingerprint density at radius 1 is 1.11 bits per heavy atom. The monoisotopic (exact) mass is 521 g/mol. The van der Waals surface area contributed by atoms with E-state index in [1.54, 1.807) is 32.9 Å². The van der Waals surface area contributed by atoms with E-state index < -0.39 is 45.8 Å². The number of ether oxygens (including phenoxy) is 2. The molecule has 9 nitrogen and oxygen atoms in total. The number of hydrogen-bond acceptors (Lipinski definition) is 6. The van der Waals surface area contributed by atoms with Crippen molar-refractivity contribution in [2.24, 2.45) is 0 Å². The zero-order valence-corrected chi connectivity index (χ0v) is 21.9. The van der Waals surface area contributed by atoms with Crippen molar-refractivity contribution in [1.29, 1.82) is 0 Å². The number of nitrogens with zero attached hydrogens (tertiary/aromatic N) is 2. The van der Waals surface area contributed by atoms with Crippen molar-refractivity contribution in [2.45, 2.75) is 52.7 Å². The number of rotatable bonds is 9. The molecule has 0 bridgehead atoms. The van der Waals surface area contributed by atoms with Crippen LogP contribution in [-0.2, 0) is 26.2 Å². The Labute approximate surface area is 211 Å². The minimum absolute atomic E-state index is 0.00899. The van der Waals surface area contributed by atoms with Crippen LogP contribution in [0.5, 0.6) is 11.5 Å². The number of anilines is 1. The lowest BCUT2D eigenvalue weighted by Gasteiger charge is -2.33. The Bertz CT molecular complexity index is 1230. The van der Waals surface area contributed by atoms with E-state index in [1.807, 2.05) is 0 Å². The van der Waals surface area contributed by atoms with Gasteiger partial charge in [0.05, 0.1) is 11.4 Å². The number of sulfonamides is 1. The maximum atomic E-state index is 14.5. The summed E-state index contributed by atoms with van der Waals surface area (Å²) in [6, 6.07) is 9.50. The highest BCUT2D eigenvalue weighted by atomic mass is 32.2. The molecule has 0 saturated heterocycles. The highest BCUT2D eigenvalue weighted by Gasteiger charge is 2.33. The molecule has 1 aliphatic heterocycles. The topological polar surface area (TPSA) is 105 Å². The van der Waals surface area contributed by atoms with E-state index in [1.165, 1.54) is 49.1 Å². The van der Waals surface area contributed by atoms with Gasteiger partial charge in [0.1, 0.15) is 18.4 Å². The summed E-state index contributed by atoms with van der Waals surface area (Å²) in [6.07, 6.45) is 0. The van der Waals surface area contributed by atoms with Crippen molar-refractivity contribution in [3.63, 3.8) is 0 Å². The minimum atomic E-state index is -3.90. The lowest BCUT2D eigenvalue weighted by atomic mass is 10.1. The second-order valence-corrected chi connectivity index (χ2v) is 11.7. The molecule has 0 spiro atoms. The summed E-state index contributed by atoms with van der Waals surface area (Å²) in [4.78, 5) is 27.8. The van der Waals surface area contributed by atoms with E-state index in [9.17, 15) is 22.4 Å². The largest absolute Gasteiger partial charge is 0.454 e. The van der Waals surface area contributed by atoms with Crippen LogP contribution >= 0.6 is 0 Å². The fraction of sp³-hybridized carbons (Fsp3) is 0.440. The Morgan fingerprint density at radius 2 is 1.78 bits per heavy atom. The molecule has 36 heavy (non-hydrogen) atoms. The molecule has 3 rings (SSSR count). The van der Waals surface area contributed by atoms with E-state index >= 15 is 0 Å². The van der Waals surface area contributed by atoms with Crippen molar-refractivity contribution in [1.82, 2.24) is 10.2 Å². The number of fused-ring (bicyclic) bond motifs is 1. The summed E-state index contributed by atoms with van der Waals surface area (Å²) in [5.41, 5.74) is -0.149. The second kappa shape index (κ2) is 10.7. The Kier molecular flexibility index (Phi) is 8.12. The van der Waals surface area contributed by atoms with Gasteiger partial charge in [-0.05, 0) is 52.8 Å². The molecule has 0 radical (unpaired) electrons. The molecule has 0 fully saturated rings. The zero-order valence-electron chi connectivity index (χ0n) is 21.1. The normalized spacial score (nSPS) is 13.7. The molecule has 0 aromatic heterocycles. The fourth-order valence-corrected chi connectivity index (χ4v) is 4.68. The molecule has 1 N–H and O–H groups in total. The number of carbonyl (C=O) groups excluding carboxylic acids is 2. The molecule has 0 aliphatic carbocycles. The van der Waals surface area contributed by atoms with Gasteiger partial charge in [-0.3, -0.25) is 13.9 Å². The molecule has 2 aromatic carbocycles. The van der Waals surface area contributed by atoms with Gasteiger partial charge < -0.3 is 19.7 Å². The molecule has 1 heterocycles. The lowest BCUT2D eigenvalue weighted by Crippen LogP contribution is -2.54. The summed E-state index contributed by atoms with van der Waals surface area (Å²) in [5, 5.41) is 2.82. The SMILES string of the molecule is CCS(=O)(=O)N(CC(=O)N(Cc1ccccc1F)C(C)C(=O)NC(C)(C)C)c1ccc2c(c1)OCO2. The maximum absolute atomic E-state index is 14.5. The van der Waals surface area contributed by atoms with E-state index in [2.05, 4.69) is 5.32 Å². The highest BCUT2D eigenvalue weighted by Crippen LogP contribution is 2.36. The molecular formula is C25H32FN3O6S. The number of halogens is 1. The molecular weight excluding hydrogens is 489 g/mol. The molecule has 1 atom stereocenters. The predicted octanol–water partition coefficient (Wildman–Crippen LogP) is 3.04. The number of hydrogen-bond donors (Lipinski definition) is 1. The number of carbonyl (C=O) groups is 2. The van der Waals surface area contributed by atoms with Crippen LogP contribution in [0, 0.1) is 5.82 Å². The van der Waals surface area contributed by atoms with Crippen LogP contribution in [-0.4, -0.2) is 55.8 Å². The third-order valence-corrected chi connectivity index (χ3v) is 7.33. The quantitative estimate of drug-likeness (QED) is 0.544. The first kappa shape index (κ1) is 27.3. The van der Waals surface area contributed by atoms with Crippen LogP contribution in [0.2, 0.25) is 0 Å². The fourth-order valence-electron chi connectivity index (χ4n) is 3.63. The maximum Gasteiger partial charge on any atom is 0.244 e. The van der Waals surface area contributed by atoms with Gasteiger partial charge in [-0.2, -0.15) is 0 Å². The molecule has 2 amide bonds. The third-order valence-electron chi connectivity index (χ3n) is 5.59. The molecule has 0 saturated carbocycles. The van der Waals surface area contributed by atoms with Crippen molar-refractivity contribution in [3.8, 4) is 11.5 Å². The number of nitrogens with one attached hydrogen (secondary N) is 1. The number of amides is 2. The van der Waals surface area contributed by atoms with Crippen molar-refractivity contribution < 1.29 is 31.9 Å². The molecule has 2 aromatic rings. The summed E-state index contributed by atoms with van der Waals surface area (Å²) in [7, 11) is -3.90. The van der Waals surface area contributed by atoms with E-state index in [0.29, 0.717) is 11.5 Å². The van der Waals surface area contributed by atoms with Crippen molar-refractivity contribution in [3.05, 3.63) is 53.8 Å². The van der Waals surface area contributed by atoms with Gasteiger partial charge in [0, 0.05) is 23.7 Å². The highest BCUT2D eigenvalue weighted by molar-refractivity contribution is 7.92. The Hall–Kier alpha value is -3.34. The average Bonchev–Trinajstić information content (AvgIpc) is 3.28. The molecule has 1 unspecified atom stereocenters. The van der Waals surface area contributed by atoms with Crippen molar-refractivity contribution >= 4 is 27.5 Å². The first-order valence-corrected chi connectivity index (χ1v) is 13.2.